The Balaban J connectivity index is 1.45. The largest absolute Gasteiger partial charge is 0.497 e. The lowest BCUT2D eigenvalue weighted by molar-refractivity contribution is 0.415. The van der Waals surface area contributed by atoms with Crippen molar-refractivity contribution >= 4 is 38.3 Å². The summed E-state index contributed by atoms with van der Waals surface area (Å²) in [5.74, 6) is 2.14. The molecule has 162 valence electrons. The highest BCUT2D eigenvalue weighted by atomic mass is 32.2. The zero-order valence-electron chi connectivity index (χ0n) is 17.8. The summed E-state index contributed by atoms with van der Waals surface area (Å²) in [6.07, 6.45) is 0. The van der Waals surface area contributed by atoms with Gasteiger partial charge >= 0.3 is 0 Å². The number of hydrogen-bond acceptors (Lipinski definition) is 7. The maximum absolute atomic E-state index is 12.8. The van der Waals surface area contributed by atoms with Crippen LogP contribution in [0.5, 0.6) is 5.75 Å². The number of hydrogen-bond donors (Lipinski definition) is 0. The van der Waals surface area contributed by atoms with Crippen LogP contribution in [-0.4, -0.2) is 31.3 Å². The summed E-state index contributed by atoms with van der Waals surface area (Å²) in [7, 11) is 1.65. The van der Waals surface area contributed by atoms with Crippen LogP contribution >= 0.6 is 23.1 Å². The summed E-state index contributed by atoms with van der Waals surface area (Å²) in [5.41, 5.74) is 2.54. The Bertz CT molecular complexity index is 1470. The Kier molecular flexibility index (Phi) is 5.44. The van der Waals surface area contributed by atoms with E-state index < -0.39 is 0 Å². The zero-order valence-corrected chi connectivity index (χ0v) is 19.5. The molecule has 2 aromatic carbocycles. The van der Waals surface area contributed by atoms with Crippen LogP contribution in [-0.2, 0) is 5.75 Å². The van der Waals surface area contributed by atoms with E-state index in [1.165, 1.54) is 23.1 Å². The number of methoxy groups -OCH3 is 1. The summed E-state index contributed by atoms with van der Waals surface area (Å²) in [5, 5.41) is 9.66. The molecule has 0 aliphatic rings. The second kappa shape index (κ2) is 8.40. The average Bonchev–Trinajstić information content (AvgIpc) is 3.39. The van der Waals surface area contributed by atoms with Gasteiger partial charge in [-0.1, -0.05) is 35.2 Å². The molecule has 9 heteroatoms. The van der Waals surface area contributed by atoms with Crippen LogP contribution in [0.4, 0.5) is 0 Å². The van der Waals surface area contributed by atoms with E-state index in [0.29, 0.717) is 10.7 Å². The standard InChI is InChI=1S/C23H21N5O2S2/c1-14(2)27-21(15-8-10-17(30-3)11-9-15)25-26-23(27)31-13-16-12-20(29)28-18-6-4-5-7-19(18)32-22(28)24-16/h4-12,14H,13H2,1-3H3. The minimum absolute atomic E-state index is 0.0627. The fourth-order valence-corrected chi connectivity index (χ4v) is 5.62. The van der Waals surface area contributed by atoms with Crippen molar-refractivity contribution in [2.24, 2.45) is 0 Å². The van der Waals surface area contributed by atoms with Gasteiger partial charge in [0.2, 0.25) is 0 Å². The van der Waals surface area contributed by atoms with E-state index in [0.717, 1.165) is 38.2 Å². The Morgan fingerprint density at radius 1 is 1.09 bits per heavy atom. The molecule has 0 spiro atoms. The predicted molar refractivity (Wildman–Crippen MR) is 129 cm³/mol. The fourth-order valence-electron chi connectivity index (χ4n) is 3.61. The molecule has 0 aliphatic heterocycles. The molecule has 0 unspecified atom stereocenters. The Labute approximate surface area is 192 Å². The Hall–Kier alpha value is -3.17. The highest BCUT2D eigenvalue weighted by molar-refractivity contribution is 7.98. The summed E-state index contributed by atoms with van der Waals surface area (Å²) >= 11 is 3.06. The summed E-state index contributed by atoms with van der Waals surface area (Å²) in [4.78, 5) is 18.2. The summed E-state index contributed by atoms with van der Waals surface area (Å²) < 4.78 is 10.1. The first-order valence-electron chi connectivity index (χ1n) is 10.2. The molecule has 0 atom stereocenters. The third kappa shape index (κ3) is 3.67. The molecule has 3 aromatic heterocycles. The van der Waals surface area contributed by atoms with Crippen molar-refractivity contribution in [1.29, 1.82) is 0 Å². The Morgan fingerprint density at radius 2 is 1.88 bits per heavy atom. The van der Waals surface area contributed by atoms with Crippen molar-refractivity contribution in [3.8, 4) is 17.1 Å². The lowest BCUT2D eigenvalue weighted by atomic mass is 10.2. The average molecular weight is 464 g/mol. The normalized spacial score (nSPS) is 11.6. The van der Waals surface area contributed by atoms with Gasteiger partial charge in [-0.3, -0.25) is 13.8 Å². The van der Waals surface area contributed by atoms with Gasteiger partial charge in [0.1, 0.15) is 5.75 Å². The highest BCUT2D eigenvalue weighted by Crippen LogP contribution is 2.30. The second-order valence-corrected chi connectivity index (χ2v) is 9.51. The first-order chi connectivity index (χ1) is 15.5. The molecule has 0 aliphatic carbocycles. The van der Waals surface area contributed by atoms with Crippen LogP contribution in [0.2, 0.25) is 0 Å². The molecule has 32 heavy (non-hydrogen) atoms. The molecule has 7 nitrogen and oxygen atoms in total. The molecule has 0 fully saturated rings. The van der Waals surface area contributed by atoms with Crippen molar-refractivity contribution in [3.05, 3.63) is 70.6 Å². The van der Waals surface area contributed by atoms with E-state index in [1.54, 1.807) is 17.6 Å². The van der Waals surface area contributed by atoms with E-state index in [4.69, 9.17) is 9.72 Å². The summed E-state index contributed by atoms with van der Waals surface area (Å²) in [6, 6.07) is 17.4. The van der Waals surface area contributed by atoms with E-state index in [9.17, 15) is 4.79 Å². The summed E-state index contributed by atoms with van der Waals surface area (Å²) in [6.45, 7) is 4.21. The highest BCUT2D eigenvalue weighted by Gasteiger charge is 2.18. The number of para-hydroxylation sites is 1. The number of fused-ring (bicyclic) bond motifs is 3. The van der Waals surface area contributed by atoms with Gasteiger partial charge in [0.25, 0.3) is 5.56 Å². The van der Waals surface area contributed by atoms with Gasteiger partial charge in [-0.15, -0.1) is 10.2 Å². The van der Waals surface area contributed by atoms with E-state index in [1.807, 2.05) is 48.5 Å². The van der Waals surface area contributed by atoms with Crippen molar-refractivity contribution in [2.75, 3.05) is 7.11 Å². The number of thiazole rings is 1. The van der Waals surface area contributed by atoms with Crippen LogP contribution in [0.1, 0.15) is 25.6 Å². The van der Waals surface area contributed by atoms with Gasteiger partial charge in [0.15, 0.2) is 15.9 Å². The van der Waals surface area contributed by atoms with Gasteiger partial charge in [0.05, 0.1) is 23.0 Å². The lowest BCUT2D eigenvalue weighted by Crippen LogP contribution is -2.13. The SMILES string of the molecule is COc1ccc(-c2nnc(SCc3cc(=O)n4c(n3)sc3ccccc34)n2C(C)C)cc1. The van der Waals surface area contributed by atoms with Crippen molar-refractivity contribution in [3.63, 3.8) is 0 Å². The molecule has 0 bridgehead atoms. The molecule has 5 aromatic rings. The van der Waals surface area contributed by atoms with Gasteiger partial charge in [-0.25, -0.2) is 4.98 Å². The molecule has 0 radical (unpaired) electrons. The van der Waals surface area contributed by atoms with Gasteiger partial charge in [-0.2, -0.15) is 0 Å². The van der Waals surface area contributed by atoms with Gasteiger partial charge in [0, 0.05) is 23.4 Å². The number of nitrogens with zero attached hydrogens (tertiary/aromatic N) is 5. The molecule has 0 N–H and O–H groups in total. The monoisotopic (exact) mass is 463 g/mol. The number of thioether (sulfide) groups is 1. The first kappa shape index (κ1) is 20.7. The zero-order chi connectivity index (χ0) is 22.2. The second-order valence-electron chi connectivity index (χ2n) is 7.56. The minimum Gasteiger partial charge on any atom is -0.497 e. The lowest BCUT2D eigenvalue weighted by Gasteiger charge is -2.14. The minimum atomic E-state index is -0.0627. The van der Waals surface area contributed by atoms with Crippen LogP contribution in [0.25, 0.3) is 26.6 Å². The number of ether oxygens (including phenoxy) is 1. The smallest absolute Gasteiger partial charge is 0.259 e. The van der Waals surface area contributed by atoms with Gasteiger partial charge in [-0.05, 0) is 50.2 Å². The number of benzene rings is 2. The first-order valence-corrected chi connectivity index (χ1v) is 12.0. The molecule has 0 amide bonds. The van der Waals surface area contributed by atoms with E-state index in [2.05, 4.69) is 28.6 Å². The molecule has 5 rings (SSSR count). The molecular formula is C23H21N5O2S2. The molecule has 3 heterocycles. The number of aromatic nitrogens is 5. The predicted octanol–water partition coefficient (Wildman–Crippen LogP) is 5.05. The van der Waals surface area contributed by atoms with Crippen LogP contribution in [0.15, 0.2) is 64.5 Å². The van der Waals surface area contributed by atoms with Crippen LogP contribution in [0.3, 0.4) is 0 Å². The Morgan fingerprint density at radius 3 is 2.62 bits per heavy atom. The van der Waals surface area contributed by atoms with Crippen molar-refractivity contribution in [1.82, 2.24) is 24.1 Å². The van der Waals surface area contributed by atoms with Crippen LogP contribution in [0, 0.1) is 0 Å². The fraction of sp³-hybridized carbons (Fsp3) is 0.217. The topological polar surface area (TPSA) is 74.3 Å². The molecular weight excluding hydrogens is 442 g/mol. The van der Waals surface area contributed by atoms with E-state index >= 15 is 0 Å². The van der Waals surface area contributed by atoms with Crippen molar-refractivity contribution in [2.45, 2.75) is 30.8 Å². The third-order valence-corrected chi connectivity index (χ3v) is 7.12. The maximum atomic E-state index is 12.8. The molecule has 0 saturated carbocycles. The number of rotatable bonds is 6. The quantitative estimate of drug-likeness (QED) is 0.328. The van der Waals surface area contributed by atoms with Gasteiger partial charge < -0.3 is 4.74 Å². The van der Waals surface area contributed by atoms with Crippen LogP contribution < -0.4 is 10.3 Å². The van der Waals surface area contributed by atoms with E-state index in [-0.39, 0.29) is 11.6 Å². The van der Waals surface area contributed by atoms with Crippen molar-refractivity contribution < 1.29 is 4.74 Å². The molecule has 0 saturated heterocycles. The third-order valence-electron chi connectivity index (χ3n) is 5.13. The maximum Gasteiger partial charge on any atom is 0.259 e.